The largest absolute Gasteiger partial charge is 0.461 e. The van der Waals surface area contributed by atoms with Crippen LogP contribution in [0.15, 0.2) is 33.5 Å². The lowest BCUT2D eigenvalue weighted by Crippen LogP contribution is -2.29. The fraction of sp³-hybridized carbons (Fsp3) is 0.333. The predicted octanol–water partition coefficient (Wildman–Crippen LogP) is 1.39. The van der Waals surface area contributed by atoms with Crippen molar-refractivity contribution in [2.75, 3.05) is 0 Å². The zero-order chi connectivity index (χ0) is 18.7. The molecule has 0 radical (unpaired) electrons. The van der Waals surface area contributed by atoms with Crippen LogP contribution in [-0.2, 0) is 27.4 Å². The molecule has 8 heteroatoms. The summed E-state index contributed by atoms with van der Waals surface area (Å²) in [7, 11) is 0. The zero-order valence-corrected chi connectivity index (χ0v) is 14.2. The van der Waals surface area contributed by atoms with Gasteiger partial charge in [0, 0.05) is 23.4 Å². The van der Waals surface area contributed by atoms with Gasteiger partial charge in [-0.15, -0.1) is 0 Å². The van der Waals surface area contributed by atoms with Crippen LogP contribution in [0.5, 0.6) is 0 Å². The molecule has 3 rings (SSSR count). The van der Waals surface area contributed by atoms with E-state index in [0.29, 0.717) is 16.5 Å². The van der Waals surface area contributed by atoms with Gasteiger partial charge < -0.3 is 14.5 Å². The Hall–Kier alpha value is -3.16. The van der Waals surface area contributed by atoms with E-state index in [2.05, 4.69) is 10.6 Å². The number of hydrogen-bond donors (Lipinski definition) is 2. The van der Waals surface area contributed by atoms with E-state index >= 15 is 0 Å². The summed E-state index contributed by atoms with van der Waals surface area (Å²) >= 11 is 0. The second kappa shape index (κ2) is 7.38. The minimum Gasteiger partial charge on any atom is -0.461 e. The van der Waals surface area contributed by atoms with Crippen LogP contribution < -0.4 is 16.3 Å². The van der Waals surface area contributed by atoms with Gasteiger partial charge in [0.1, 0.15) is 18.2 Å². The molecule has 2 heterocycles. The minimum atomic E-state index is -0.730. The Balaban J connectivity index is 1.64. The van der Waals surface area contributed by atoms with Gasteiger partial charge in [0.15, 0.2) is 0 Å². The molecule has 1 aliphatic rings. The molecule has 26 heavy (non-hydrogen) atoms. The number of esters is 1. The third-order valence-electron chi connectivity index (χ3n) is 4.19. The topological polar surface area (TPSA) is 115 Å². The highest BCUT2D eigenvalue weighted by atomic mass is 16.5. The number of nitrogens with one attached hydrogen (secondary N) is 2. The molecule has 1 fully saturated rings. The number of ether oxygens (including phenoxy) is 1. The van der Waals surface area contributed by atoms with E-state index in [9.17, 15) is 19.2 Å². The van der Waals surface area contributed by atoms with Crippen LogP contribution >= 0.6 is 0 Å². The van der Waals surface area contributed by atoms with E-state index in [1.807, 2.05) is 19.1 Å². The first kappa shape index (κ1) is 17.7. The molecule has 0 spiro atoms. The number of fused-ring (bicyclic) bond motifs is 1. The average Bonchev–Trinajstić information content (AvgIpc) is 2.94. The molecule has 0 saturated carbocycles. The van der Waals surface area contributed by atoms with Crippen molar-refractivity contribution < 1.29 is 23.5 Å². The van der Waals surface area contributed by atoms with Crippen LogP contribution in [0.3, 0.4) is 0 Å². The number of hydrogen-bond acceptors (Lipinski definition) is 6. The fourth-order valence-corrected chi connectivity index (χ4v) is 2.77. The number of carbonyl (C=O) groups excluding carboxylic acids is 3. The van der Waals surface area contributed by atoms with Crippen molar-refractivity contribution in [1.82, 2.24) is 10.6 Å². The predicted molar refractivity (Wildman–Crippen MR) is 91.4 cm³/mol. The number of amides is 3. The molecule has 1 aliphatic heterocycles. The van der Waals surface area contributed by atoms with Gasteiger partial charge in [-0.2, -0.15) is 0 Å². The van der Waals surface area contributed by atoms with Crippen molar-refractivity contribution in [3.63, 3.8) is 0 Å². The molecule has 0 unspecified atom stereocenters. The Labute approximate surface area is 148 Å². The maximum atomic E-state index is 11.9. The summed E-state index contributed by atoms with van der Waals surface area (Å²) in [6.45, 7) is 1.92. The minimum absolute atomic E-state index is 0.0300. The highest BCUT2D eigenvalue weighted by Gasteiger charge is 2.29. The number of carbonyl (C=O) groups is 3. The summed E-state index contributed by atoms with van der Waals surface area (Å²) in [6, 6.07) is 5.55. The van der Waals surface area contributed by atoms with Gasteiger partial charge in [-0.3, -0.25) is 14.9 Å². The van der Waals surface area contributed by atoms with Crippen LogP contribution in [0.25, 0.3) is 11.0 Å². The standard InChI is InChI=1S/C18H18N2O6/c1-2-10-3-4-12-11(8-16(22)26-14(12)7-10)9-25-15(21)6-5-13-17(23)20-18(24)19-13/h3-4,7-8,13H,2,5-6,9H2,1H3,(H2,19,20,23,24)/t13-/m0/s1. The maximum Gasteiger partial charge on any atom is 0.336 e. The molecule has 0 aliphatic carbocycles. The summed E-state index contributed by atoms with van der Waals surface area (Å²) < 4.78 is 10.4. The molecule has 8 nitrogen and oxygen atoms in total. The van der Waals surface area contributed by atoms with Crippen LogP contribution in [-0.4, -0.2) is 23.9 Å². The summed E-state index contributed by atoms with van der Waals surface area (Å²) in [5.41, 5.74) is 1.53. The molecule has 1 aromatic heterocycles. The quantitative estimate of drug-likeness (QED) is 0.458. The van der Waals surface area contributed by atoms with Gasteiger partial charge in [-0.05, 0) is 24.5 Å². The van der Waals surface area contributed by atoms with E-state index in [1.165, 1.54) is 6.07 Å². The van der Waals surface area contributed by atoms with Crippen LogP contribution in [0, 0.1) is 0 Å². The number of urea groups is 1. The molecule has 2 N–H and O–H groups in total. The zero-order valence-electron chi connectivity index (χ0n) is 14.2. The summed E-state index contributed by atoms with van der Waals surface area (Å²) in [5, 5.41) is 5.22. The van der Waals surface area contributed by atoms with Gasteiger partial charge >= 0.3 is 17.6 Å². The second-order valence-electron chi connectivity index (χ2n) is 5.99. The molecular weight excluding hydrogens is 340 g/mol. The second-order valence-corrected chi connectivity index (χ2v) is 5.99. The highest BCUT2D eigenvalue weighted by Crippen LogP contribution is 2.20. The Bertz CT molecular complexity index is 933. The Morgan fingerprint density at radius 3 is 2.73 bits per heavy atom. The van der Waals surface area contributed by atoms with Crippen molar-refractivity contribution in [3.05, 3.63) is 45.8 Å². The Morgan fingerprint density at radius 2 is 2.04 bits per heavy atom. The van der Waals surface area contributed by atoms with Crippen molar-refractivity contribution in [3.8, 4) is 0 Å². The van der Waals surface area contributed by atoms with Crippen LogP contribution in [0.1, 0.15) is 30.9 Å². The first-order valence-corrected chi connectivity index (χ1v) is 8.29. The summed E-state index contributed by atoms with van der Waals surface area (Å²) in [6.07, 6.45) is 0.926. The molecule has 1 aromatic carbocycles. The van der Waals surface area contributed by atoms with Gasteiger partial charge in [0.05, 0.1) is 0 Å². The molecule has 1 saturated heterocycles. The van der Waals surface area contributed by atoms with E-state index in [-0.39, 0.29) is 19.4 Å². The van der Waals surface area contributed by atoms with E-state index in [4.69, 9.17) is 9.15 Å². The number of benzene rings is 1. The number of aryl methyl sites for hydroxylation is 1. The van der Waals surface area contributed by atoms with Crippen molar-refractivity contribution in [1.29, 1.82) is 0 Å². The highest BCUT2D eigenvalue weighted by molar-refractivity contribution is 6.04. The van der Waals surface area contributed by atoms with Gasteiger partial charge in [-0.25, -0.2) is 9.59 Å². The first-order chi connectivity index (χ1) is 12.5. The van der Waals surface area contributed by atoms with Gasteiger partial charge in [0.2, 0.25) is 0 Å². The van der Waals surface area contributed by atoms with E-state index in [1.54, 1.807) is 6.07 Å². The van der Waals surface area contributed by atoms with E-state index in [0.717, 1.165) is 12.0 Å². The number of imide groups is 1. The normalized spacial score (nSPS) is 16.4. The smallest absolute Gasteiger partial charge is 0.336 e. The van der Waals surface area contributed by atoms with Gasteiger partial charge in [-0.1, -0.05) is 19.1 Å². The summed E-state index contributed by atoms with van der Waals surface area (Å²) in [4.78, 5) is 46.1. The molecule has 0 bridgehead atoms. The van der Waals surface area contributed by atoms with Crippen molar-refractivity contribution in [2.45, 2.75) is 38.8 Å². The SMILES string of the molecule is CCc1ccc2c(COC(=O)CC[C@@H]3NC(=O)NC3=O)cc(=O)oc2c1. The Morgan fingerprint density at radius 1 is 1.23 bits per heavy atom. The lowest BCUT2D eigenvalue weighted by atomic mass is 10.1. The van der Waals surface area contributed by atoms with Crippen LogP contribution in [0.4, 0.5) is 4.79 Å². The number of rotatable bonds is 6. The monoisotopic (exact) mass is 358 g/mol. The van der Waals surface area contributed by atoms with Crippen molar-refractivity contribution >= 4 is 28.9 Å². The maximum absolute atomic E-state index is 11.9. The van der Waals surface area contributed by atoms with Gasteiger partial charge in [0.25, 0.3) is 5.91 Å². The lowest BCUT2D eigenvalue weighted by molar-refractivity contribution is -0.145. The molecule has 1 atom stereocenters. The lowest BCUT2D eigenvalue weighted by Gasteiger charge is -2.09. The van der Waals surface area contributed by atoms with E-state index < -0.39 is 29.6 Å². The third kappa shape index (κ3) is 3.90. The third-order valence-corrected chi connectivity index (χ3v) is 4.19. The molecule has 2 aromatic rings. The fourth-order valence-electron chi connectivity index (χ4n) is 2.77. The first-order valence-electron chi connectivity index (χ1n) is 8.29. The Kier molecular flexibility index (Phi) is 5.01. The summed E-state index contributed by atoms with van der Waals surface area (Å²) in [5.74, 6) is -0.980. The molecule has 3 amide bonds. The molecular formula is C18H18N2O6. The average molecular weight is 358 g/mol. The van der Waals surface area contributed by atoms with Crippen LogP contribution in [0.2, 0.25) is 0 Å². The molecule has 136 valence electrons. The van der Waals surface area contributed by atoms with Crippen molar-refractivity contribution in [2.24, 2.45) is 0 Å².